The fourth-order valence-electron chi connectivity index (χ4n) is 3.27. The van der Waals surface area contributed by atoms with Crippen LogP contribution in [0.25, 0.3) is 0 Å². The molecular formula is C22H19N3O3S. The molecule has 0 aliphatic carbocycles. The summed E-state index contributed by atoms with van der Waals surface area (Å²) in [6.07, 6.45) is 0.642. The molecule has 3 aromatic rings. The Balaban J connectivity index is 1.44. The zero-order valence-corrected chi connectivity index (χ0v) is 16.7. The molecule has 29 heavy (non-hydrogen) atoms. The molecule has 0 saturated carbocycles. The van der Waals surface area contributed by atoms with Gasteiger partial charge in [-0.2, -0.15) is 0 Å². The Labute approximate surface area is 172 Å². The van der Waals surface area contributed by atoms with Crippen molar-refractivity contribution in [1.82, 2.24) is 15.2 Å². The molecule has 0 bridgehead atoms. The van der Waals surface area contributed by atoms with Crippen molar-refractivity contribution < 1.29 is 14.4 Å². The molecule has 4 rings (SSSR count). The van der Waals surface area contributed by atoms with E-state index in [2.05, 4.69) is 10.3 Å². The lowest BCUT2D eigenvalue weighted by atomic mass is 10.1. The summed E-state index contributed by atoms with van der Waals surface area (Å²) < 4.78 is 0. The molecule has 0 unspecified atom stereocenters. The standard InChI is InChI=1S/C22H19N3O3S/c1-14-24-17(13-29-14)9-10-23-20(26)16-7-8-18-19(11-16)22(28)25(21(18)27)12-15-5-3-2-4-6-15/h2-8,11,13H,9-10,12H2,1H3,(H,23,26). The quantitative estimate of drug-likeness (QED) is 0.639. The molecule has 0 spiro atoms. The van der Waals surface area contributed by atoms with Crippen molar-refractivity contribution in [3.8, 4) is 0 Å². The van der Waals surface area contributed by atoms with Crippen LogP contribution in [-0.2, 0) is 13.0 Å². The van der Waals surface area contributed by atoms with E-state index >= 15 is 0 Å². The van der Waals surface area contributed by atoms with E-state index in [0.29, 0.717) is 24.1 Å². The summed E-state index contributed by atoms with van der Waals surface area (Å²) in [6, 6.07) is 14.0. The number of imide groups is 1. The second kappa shape index (κ2) is 7.97. The molecule has 2 heterocycles. The minimum Gasteiger partial charge on any atom is -0.352 e. The molecule has 1 N–H and O–H groups in total. The van der Waals surface area contributed by atoms with Crippen molar-refractivity contribution in [2.75, 3.05) is 6.54 Å². The number of aromatic nitrogens is 1. The number of hydrogen-bond acceptors (Lipinski definition) is 5. The Hall–Kier alpha value is -3.32. The first-order valence-electron chi connectivity index (χ1n) is 9.26. The fraction of sp³-hybridized carbons (Fsp3) is 0.182. The molecule has 0 fully saturated rings. The number of nitrogens with zero attached hydrogens (tertiary/aromatic N) is 2. The van der Waals surface area contributed by atoms with E-state index in [1.807, 2.05) is 42.6 Å². The van der Waals surface area contributed by atoms with E-state index in [4.69, 9.17) is 0 Å². The summed E-state index contributed by atoms with van der Waals surface area (Å²) >= 11 is 1.58. The minimum atomic E-state index is -0.374. The second-order valence-corrected chi connectivity index (χ2v) is 7.87. The van der Waals surface area contributed by atoms with Gasteiger partial charge in [-0.05, 0) is 30.7 Å². The van der Waals surface area contributed by atoms with Crippen LogP contribution in [0.3, 0.4) is 0 Å². The van der Waals surface area contributed by atoms with Crippen LogP contribution in [0, 0.1) is 6.92 Å². The van der Waals surface area contributed by atoms with Crippen LogP contribution in [0.2, 0.25) is 0 Å². The van der Waals surface area contributed by atoms with Crippen LogP contribution in [0.15, 0.2) is 53.9 Å². The van der Waals surface area contributed by atoms with Gasteiger partial charge in [0.2, 0.25) is 0 Å². The van der Waals surface area contributed by atoms with Gasteiger partial charge in [0.25, 0.3) is 17.7 Å². The number of aryl methyl sites for hydroxylation is 1. The summed E-state index contributed by atoms with van der Waals surface area (Å²) in [6.45, 7) is 2.60. The van der Waals surface area contributed by atoms with E-state index < -0.39 is 0 Å². The average Bonchev–Trinajstić information content (AvgIpc) is 3.25. The predicted octanol–water partition coefficient (Wildman–Crippen LogP) is 3.22. The van der Waals surface area contributed by atoms with Gasteiger partial charge >= 0.3 is 0 Å². The summed E-state index contributed by atoms with van der Waals surface area (Å²) in [5.41, 5.74) is 2.78. The topological polar surface area (TPSA) is 79.4 Å². The van der Waals surface area contributed by atoms with Gasteiger partial charge in [-0.3, -0.25) is 19.3 Å². The first kappa shape index (κ1) is 19.0. The lowest BCUT2D eigenvalue weighted by Gasteiger charge is -2.13. The smallest absolute Gasteiger partial charge is 0.261 e. The molecule has 1 aromatic heterocycles. The van der Waals surface area contributed by atoms with Crippen molar-refractivity contribution >= 4 is 29.1 Å². The van der Waals surface area contributed by atoms with Gasteiger partial charge in [-0.1, -0.05) is 30.3 Å². The Bertz CT molecular complexity index is 1090. The van der Waals surface area contributed by atoms with Crippen molar-refractivity contribution in [3.05, 3.63) is 86.9 Å². The number of carbonyl (C=O) groups excluding carboxylic acids is 3. The van der Waals surface area contributed by atoms with Gasteiger partial charge in [-0.25, -0.2) is 4.98 Å². The van der Waals surface area contributed by atoms with E-state index in [1.165, 1.54) is 11.0 Å². The molecule has 6 nitrogen and oxygen atoms in total. The monoisotopic (exact) mass is 405 g/mol. The van der Waals surface area contributed by atoms with Crippen LogP contribution in [0.1, 0.15) is 47.3 Å². The van der Waals surface area contributed by atoms with E-state index in [0.717, 1.165) is 16.3 Å². The van der Waals surface area contributed by atoms with E-state index in [-0.39, 0.29) is 29.8 Å². The molecule has 1 aliphatic rings. The first-order chi connectivity index (χ1) is 14.0. The number of hydrogen-bond donors (Lipinski definition) is 1. The van der Waals surface area contributed by atoms with Gasteiger partial charge in [0.1, 0.15) is 0 Å². The third kappa shape index (κ3) is 3.95. The van der Waals surface area contributed by atoms with Crippen LogP contribution >= 0.6 is 11.3 Å². The van der Waals surface area contributed by atoms with E-state index in [9.17, 15) is 14.4 Å². The zero-order valence-electron chi connectivity index (χ0n) is 15.8. The van der Waals surface area contributed by atoms with Crippen LogP contribution < -0.4 is 5.32 Å². The lowest BCUT2D eigenvalue weighted by molar-refractivity contribution is 0.0642. The van der Waals surface area contributed by atoms with Gasteiger partial charge in [-0.15, -0.1) is 11.3 Å². The van der Waals surface area contributed by atoms with Crippen LogP contribution in [-0.4, -0.2) is 34.2 Å². The first-order valence-corrected chi connectivity index (χ1v) is 10.1. The second-order valence-electron chi connectivity index (χ2n) is 6.81. The Morgan fingerprint density at radius 3 is 2.55 bits per heavy atom. The summed E-state index contributed by atoms with van der Waals surface area (Å²) in [7, 11) is 0. The number of carbonyl (C=O) groups is 3. The molecule has 146 valence electrons. The normalized spacial score (nSPS) is 12.9. The Morgan fingerprint density at radius 2 is 1.83 bits per heavy atom. The maximum Gasteiger partial charge on any atom is 0.261 e. The highest BCUT2D eigenvalue weighted by atomic mass is 32.1. The Kier molecular flexibility index (Phi) is 5.22. The van der Waals surface area contributed by atoms with Gasteiger partial charge < -0.3 is 5.32 Å². The van der Waals surface area contributed by atoms with Gasteiger partial charge in [0, 0.05) is 23.9 Å². The maximum absolute atomic E-state index is 12.8. The molecule has 0 radical (unpaired) electrons. The molecule has 7 heteroatoms. The molecule has 0 atom stereocenters. The largest absolute Gasteiger partial charge is 0.352 e. The number of amides is 3. The number of benzene rings is 2. The van der Waals surface area contributed by atoms with Crippen molar-refractivity contribution in [1.29, 1.82) is 0 Å². The molecule has 0 saturated heterocycles. The molecular weight excluding hydrogens is 386 g/mol. The highest BCUT2D eigenvalue weighted by Gasteiger charge is 2.35. The maximum atomic E-state index is 12.8. The molecule has 3 amide bonds. The van der Waals surface area contributed by atoms with E-state index in [1.54, 1.807) is 23.5 Å². The third-order valence-corrected chi connectivity index (χ3v) is 5.57. The highest BCUT2D eigenvalue weighted by molar-refractivity contribution is 7.09. The van der Waals surface area contributed by atoms with Crippen LogP contribution in [0.4, 0.5) is 0 Å². The number of thiazole rings is 1. The summed E-state index contributed by atoms with van der Waals surface area (Å²) in [5.74, 6) is -0.984. The lowest BCUT2D eigenvalue weighted by Crippen LogP contribution is -2.29. The molecule has 2 aromatic carbocycles. The Morgan fingerprint density at radius 1 is 1.07 bits per heavy atom. The molecule has 1 aliphatic heterocycles. The van der Waals surface area contributed by atoms with Crippen molar-refractivity contribution in [2.45, 2.75) is 19.9 Å². The minimum absolute atomic E-state index is 0.210. The van der Waals surface area contributed by atoms with Gasteiger partial charge in [0.05, 0.1) is 28.4 Å². The SMILES string of the molecule is Cc1nc(CCNC(=O)c2ccc3c(c2)C(=O)N(Cc2ccccc2)C3=O)cs1. The third-order valence-electron chi connectivity index (χ3n) is 4.75. The van der Waals surface area contributed by atoms with Crippen molar-refractivity contribution in [2.24, 2.45) is 0 Å². The fourth-order valence-corrected chi connectivity index (χ4v) is 3.92. The number of nitrogens with one attached hydrogen (secondary N) is 1. The number of rotatable bonds is 6. The van der Waals surface area contributed by atoms with Crippen molar-refractivity contribution in [3.63, 3.8) is 0 Å². The zero-order chi connectivity index (χ0) is 20.4. The summed E-state index contributed by atoms with van der Waals surface area (Å²) in [4.78, 5) is 43.4. The highest BCUT2D eigenvalue weighted by Crippen LogP contribution is 2.25. The predicted molar refractivity (Wildman–Crippen MR) is 110 cm³/mol. The number of fused-ring (bicyclic) bond motifs is 1. The summed E-state index contributed by atoms with van der Waals surface area (Å²) in [5, 5.41) is 5.81. The average molecular weight is 405 g/mol. The van der Waals surface area contributed by atoms with Gasteiger partial charge in [0.15, 0.2) is 0 Å². The van der Waals surface area contributed by atoms with Crippen LogP contribution in [0.5, 0.6) is 0 Å².